The molecule has 1 saturated heterocycles. The number of carbonyl (C=O) groups is 1. The molecule has 1 amide bonds. The molecule has 22 heavy (non-hydrogen) atoms. The second-order valence-corrected chi connectivity index (χ2v) is 8.86. The fourth-order valence-electron chi connectivity index (χ4n) is 2.60. The van der Waals surface area contributed by atoms with Crippen molar-refractivity contribution in [3.63, 3.8) is 0 Å². The molecule has 0 spiro atoms. The van der Waals surface area contributed by atoms with Gasteiger partial charge in [0.2, 0.25) is 5.91 Å². The normalized spacial score (nSPS) is 23.5. The summed E-state index contributed by atoms with van der Waals surface area (Å²) in [7, 11) is 0.162. The molecule has 2 unspecified atom stereocenters. The number of ether oxygens (including phenoxy) is 1. The second-order valence-electron chi connectivity index (χ2n) is 5.68. The van der Waals surface area contributed by atoms with Gasteiger partial charge in [0.25, 0.3) is 0 Å². The molecule has 5 nitrogen and oxygen atoms in total. The third kappa shape index (κ3) is 3.64. The molecule has 1 aliphatic rings. The number of hydrogen-bond donors (Lipinski definition) is 1. The lowest BCUT2D eigenvalue weighted by Crippen LogP contribution is -2.54. The van der Waals surface area contributed by atoms with E-state index in [0.29, 0.717) is 17.2 Å². The molecule has 122 valence electrons. The molecular formula is C15H22N2O3S2. The molecule has 1 heterocycles. The molecule has 1 aliphatic heterocycles. The Kier molecular flexibility index (Phi) is 5.52. The van der Waals surface area contributed by atoms with E-state index in [1.165, 1.54) is 0 Å². The predicted molar refractivity (Wildman–Crippen MR) is 90.2 cm³/mol. The minimum absolute atomic E-state index is 0.371. The van der Waals surface area contributed by atoms with Crippen LogP contribution in [-0.2, 0) is 15.8 Å². The van der Waals surface area contributed by atoms with Gasteiger partial charge in [-0.05, 0) is 50.3 Å². The Balaban J connectivity index is 2.33. The number of hydrogen-bond acceptors (Lipinski definition) is 4. The summed E-state index contributed by atoms with van der Waals surface area (Å²) in [6.45, 7) is 4.55. The zero-order chi connectivity index (χ0) is 16.3. The maximum Gasteiger partial charge on any atom is 0.237 e. The van der Waals surface area contributed by atoms with E-state index in [0.717, 1.165) is 12.2 Å². The van der Waals surface area contributed by atoms with E-state index < -0.39 is 22.9 Å². The Bertz CT molecular complexity index is 560. The monoisotopic (exact) mass is 342 g/mol. The number of amides is 1. The molecule has 1 aromatic carbocycles. The van der Waals surface area contributed by atoms with Crippen molar-refractivity contribution in [1.82, 2.24) is 4.31 Å². The van der Waals surface area contributed by atoms with Crippen LogP contribution in [0.5, 0.6) is 5.75 Å². The van der Waals surface area contributed by atoms with Crippen LogP contribution in [-0.4, -0.2) is 44.6 Å². The molecule has 2 rings (SSSR count). The molecular weight excluding hydrogens is 320 g/mol. The lowest BCUT2D eigenvalue weighted by Gasteiger charge is -2.36. The first-order valence-corrected chi connectivity index (χ1v) is 9.22. The lowest BCUT2D eigenvalue weighted by atomic mass is 10.0. The second kappa shape index (κ2) is 7.02. The number of nitrogens with zero attached hydrogens (tertiary/aromatic N) is 1. The molecule has 0 aliphatic carbocycles. The zero-order valence-corrected chi connectivity index (χ0v) is 14.7. The van der Waals surface area contributed by atoms with Crippen molar-refractivity contribution in [2.45, 2.75) is 36.0 Å². The summed E-state index contributed by atoms with van der Waals surface area (Å²) in [6.07, 6.45) is 0.875. The highest BCUT2D eigenvalue weighted by Crippen LogP contribution is 2.36. The van der Waals surface area contributed by atoms with E-state index in [2.05, 4.69) is 0 Å². The minimum Gasteiger partial charge on any atom is -0.497 e. The average molecular weight is 342 g/mol. The summed E-state index contributed by atoms with van der Waals surface area (Å²) in [5, 5.41) is 0. The van der Waals surface area contributed by atoms with E-state index >= 15 is 0 Å². The van der Waals surface area contributed by atoms with Gasteiger partial charge >= 0.3 is 0 Å². The number of rotatable bonds is 4. The number of nitrogens with two attached hydrogens (primary N) is 1. The highest BCUT2D eigenvalue weighted by molar-refractivity contribution is 8.00. The van der Waals surface area contributed by atoms with Gasteiger partial charge in [0.15, 0.2) is 0 Å². The maximum atomic E-state index is 12.9. The summed E-state index contributed by atoms with van der Waals surface area (Å²) in [5.74, 6) is 1.20. The number of benzene rings is 1. The number of primary amides is 1. The summed E-state index contributed by atoms with van der Waals surface area (Å²) in [6, 6.07) is 6.49. The van der Waals surface area contributed by atoms with E-state index in [4.69, 9.17) is 10.5 Å². The van der Waals surface area contributed by atoms with Crippen LogP contribution in [0.15, 0.2) is 29.2 Å². The SMILES string of the molecule is COc1ccc(S(=O)N2CCCSC(C)(C)C2C(N)=O)cc1. The average Bonchev–Trinajstić information content (AvgIpc) is 2.64. The first-order valence-electron chi connectivity index (χ1n) is 7.12. The van der Waals surface area contributed by atoms with Gasteiger partial charge in [-0.3, -0.25) is 4.79 Å². The van der Waals surface area contributed by atoms with Crippen LogP contribution in [0.1, 0.15) is 20.3 Å². The van der Waals surface area contributed by atoms with Crippen molar-refractivity contribution in [2.24, 2.45) is 5.73 Å². The van der Waals surface area contributed by atoms with E-state index in [1.807, 2.05) is 13.8 Å². The fraction of sp³-hybridized carbons (Fsp3) is 0.533. The van der Waals surface area contributed by atoms with Gasteiger partial charge < -0.3 is 10.5 Å². The molecule has 0 aromatic heterocycles. The van der Waals surface area contributed by atoms with Gasteiger partial charge in [-0.15, -0.1) is 0 Å². The molecule has 0 radical (unpaired) electrons. The van der Waals surface area contributed by atoms with Crippen LogP contribution in [0, 0.1) is 0 Å². The Labute approximate surface area is 138 Å². The van der Waals surface area contributed by atoms with Crippen LogP contribution in [0.2, 0.25) is 0 Å². The molecule has 0 bridgehead atoms. The maximum absolute atomic E-state index is 12.9. The van der Waals surface area contributed by atoms with Gasteiger partial charge in [-0.2, -0.15) is 11.8 Å². The Morgan fingerprint density at radius 2 is 2.05 bits per heavy atom. The van der Waals surface area contributed by atoms with Gasteiger partial charge in [0.05, 0.1) is 12.0 Å². The highest BCUT2D eigenvalue weighted by atomic mass is 32.2. The van der Waals surface area contributed by atoms with Crippen LogP contribution in [0.3, 0.4) is 0 Å². The Hall–Kier alpha value is -1.05. The smallest absolute Gasteiger partial charge is 0.237 e. The largest absolute Gasteiger partial charge is 0.497 e. The molecule has 1 aromatic rings. The van der Waals surface area contributed by atoms with Gasteiger partial charge in [0.1, 0.15) is 22.8 Å². The molecule has 0 saturated carbocycles. The van der Waals surface area contributed by atoms with Crippen molar-refractivity contribution < 1.29 is 13.7 Å². The van der Waals surface area contributed by atoms with E-state index in [9.17, 15) is 9.00 Å². The first kappa shape index (κ1) is 17.3. The summed E-state index contributed by atoms with van der Waals surface area (Å²) in [5.41, 5.74) is 5.62. The molecule has 2 N–H and O–H groups in total. The summed E-state index contributed by atoms with van der Waals surface area (Å²) < 4.78 is 19.4. The highest BCUT2D eigenvalue weighted by Gasteiger charge is 2.43. The van der Waals surface area contributed by atoms with Gasteiger partial charge in [-0.1, -0.05) is 0 Å². The summed E-state index contributed by atoms with van der Waals surface area (Å²) in [4.78, 5) is 12.6. The number of thioether (sulfide) groups is 1. The Morgan fingerprint density at radius 1 is 1.41 bits per heavy atom. The van der Waals surface area contributed by atoms with Crippen LogP contribution >= 0.6 is 11.8 Å². The number of methoxy groups -OCH3 is 1. The van der Waals surface area contributed by atoms with Gasteiger partial charge in [0, 0.05) is 11.3 Å². The van der Waals surface area contributed by atoms with Gasteiger partial charge in [-0.25, -0.2) is 8.51 Å². The Morgan fingerprint density at radius 3 is 2.59 bits per heavy atom. The topological polar surface area (TPSA) is 72.6 Å². The minimum atomic E-state index is -1.42. The fourth-order valence-corrected chi connectivity index (χ4v) is 5.36. The summed E-state index contributed by atoms with van der Waals surface area (Å²) >= 11 is 1.70. The van der Waals surface area contributed by atoms with E-state index in [1.54, 1.807) is 47.4 Å². The van der Waals surface area contributed by atoms with Crippen molar-refractivity contribution in [1.29, 1.82) is 0 Å². The van der Waals surface area contributed by atoms with Crippen molar-refractivity contribution in [3.8, 4) is 5.75 Å². The van der Waals surface area contributed by atoms with Crippen molar-refractivity contribution >= 4 is 28.7 Å². The van der Waals surface area contributed by atoms with E-state index in [-0.39, 0.29) is 4.75 Å². The zero-order valence-electron chi connectivity index (χ0n) is 13.1. The first-order chi connectivity index (χ1) is 10.4. The quantitative estimate of drug-likeness (QED) is 0.905. The third-order valence-corrected chi connectivity index (χ3v) is 6.64. The third-order valence-electron chi connectivity index (χ3n) is 3.69. The van der Waals surface area contributed by atoms with Crippen molar-refractivity contribution in [3.05, 3.63) is 24.3 Å². The molecule has 7 heteroatoms. The van der Waals surface area contributed by atoms with Crippen molar-refractivity contribution in [2.75, 3.05) is 19.4 Å². The predicted octanol–water partition coefficient (Wildman–Crippen LogP) is 1.79. The van der Waals surface area contributed by atoms with Crippen LogP contribution in [0.25, 0.3) is 0 Å². The molecule has 1 fully saturated rings. The number of carbonyl (C=O) groups excluding carboxylic acids is 1. The standard InChI is InChI=1S/C15H22N2O3S2/c1-15(2)13(14(16)18)17(9-4-10-21-15)22(19)12-7-5-11(20-3)6-8-12/h5-8,13H,4,9-10H2,1-3H3,(H2,16,18). The molecule has 2 atom stereocenters. The lowest BCUT2D eigenvalue weighted by molar-refractivity contribution is -0.122. The van der Waals surface area contributed by atoms with Crippen LogP contribution < -0.4 is 10.5 Å². The van der Waals surface area contributed by atoms with Crippen LogP contribution in [0.4, 0.5) is 0 Å².